The third kappa shape index (κ3) is 2.94. The summed E-state index contributed by atoms with van der Waals surface area (Å²) in [6.45, 7) is 6.42. The van der Waals surface area contributed by atoms with E-state index in [1.807, 2.05) is 38.1 Å². The van der Waals surface area contributed by atoms with E-state index in [0.29, 0.717) is 6.61 Å². The van der Waals surface area contributed by atoms with Crippen LogP contribution in [-0.2, 0) is 14.9 Å². The molecule has 0 aliphatic rings. The van der Waals surface area contributed by atoms with Crippen LogP contribution < -0.4 is 0 Å². The van der Waals surface area contributed by atoms with Gasteiger partial charge >= 0.3 is 5.97 Å². The maximum atomic E-state index is 12.4. The third-order valence-corrected chi connectivity index (χ3v) is 4.03. The Hall–Kier alpha value is -0.830. The van der Waals surface area contributed by atoms with Crippen LogP contribution in [0.3, 0.4) is 0 Å². The molecular weight excluding hydrogens is 292 g/mol. The molecule has 2 nitrogen and oxygen atoms in total. The fraction of sp³-hybridized carbons (Fsp3) is 0.533. The molecule has 1 aromatic carbocycles. The normalized spacial score (nSPS) is 14.0. The second kappa shape index (κ2) is 6.93. The zero-order valence-corrected chi connectivity index (χ0v) is 12.9. The maximum absolute atomic E-state index is 12.4. The lowest BCUT2D eigenvalue weighted by Crippen LogP contribution is -2.37. The smallest absolute Gasteiger partial charge is 0.316 e. The summed E-state index contributed by atoms with van der Waals surface area (Å²) in [5, 5.41) is 0. The van der Waals surface area contributed by atoms with E-state index in [9.17, 15) is 4.79 Å². The largest absolute Gasteiger partial charge is 0.465 e. The first-order valence-corrected chi connectivity index (χ1v) is 7.33. The maximum Gasteiger partial charge on any atom is 0.316 e. The van der Waals surface area contributed by atoms with Gasteiger partial charge in [-0.15, -0.1) is 0 Å². The van der Waals surface area contributed by atoms with E-state index in [4.69, 9.17) is 4.74 Å². The molecule has 0 aromatic heterocycles. The summed E-state index contributed by atoms with van der Waals surface area (Å²) in [4.78, 5) is 12.4. The van der Waals surface area contributed by atoms with Crippen LogP contribution in [-0.4, -0.2) is 12.6 Å². The standard InChI is InChI=1S/C15H21BrO2/c1-4-11-15(5-2,14(17)18-6-3)12-9-7-8-10-13(12)16/h7-10H,4-6,11H2,1-3H3. The van der Waals surface area contributed by atoms with Crippen molar-refractivity contribution in [3.8, 4) is 0 Å². The molecule has 1 aromatic rings. The summed E-state index contributed by atoms with van der Waals surface area (Å²) in [6, 6.07) is 7.93. The van der Waals surface area contributed by atoms with Gasteiger partial charge < -0.3 is 4.74 Å². The van der Waals surface area contributed by atoms with Crippen LogP contribution in [0.1, 0.15) is 45.6 Å². The Kier molecular flexibility index (Phi) is 5.86. The Labute approximate surface area is 118 Å². The van der Waals surface area contributed by atoms with Crippen molar-refractivity contribution in [1.29, 1.82) is 0 Å². The van der Waals surface area contributed by atoms with Crippen molar-refractivity contribution in [2.45, 2.75) is 45.4 Å². The third-order valence-electron chi connectivity index (χ3n) is 3.34. The second-order valence-corrected chi connectivity index (χ2v) is 5.24. The number of ether oxygens (including phenoxy) is 1. The minimum absolute atomic E-state index is 0.110. The zero-order valence-electron chi connectivity index (χ0n) is 11.3. The number of benzene rings is 1. The lowest BCUT2D eigenvalue weighted by molar-refractivity contribution is -0.150. The molecule has 1 rings (SSSR count). The first-order valence-electron chi connectivity index (χ1n) is 6.54. The van der Waals surface area contributed by atoms with Crippen molar-refractivity contribution in [3.05, 3.63) is 34.3 Å². The van der Waals surface area contributed by atoms with Crippen LogP contribution in [0, 0.1) is 0 Å². The van der Waals surface area contributed by atoms with Crippen LogP contribution in [0.2, 0.25) is 0 Å². The number of esters is 1. The Morgan fingerprint density at radius 1 is 1.28 bits per heavy atom. The molecule has 1 unspecified atom stereocenters. The Balaban J connectivity index is 3.27. The molecule has 0 saturated heterocycles. The lowest BCUT2D eigenvalue weighted by atomic mass is 9.74. The molecule has 0 spiro atoms. The molecule has 0 aliphatic heterocycles. The van der Waals surface area contributed by atoms with E-state index in [2.05, 4.69) is 22.9 Å². The lowest BCUT2D eigenvalue weighted by Gasteiger charge is -2.31. The van der Waals surface area contributed by atoms with Crippen molar-refractivity contribution in [2.24, 2.45) is 0 Å². The van der Waals surface area contributed by atoms with Crippen molar-refractivity contribution in [3.63, 3.8) is 0 Å². The number of hydrogen-bond donors (Lipinski definition) is 0. The SMILES string of the molecule is CCCC(CC)(C(=O)OCC)c1ccccc1Br. The van der Waals surface area contributed by atoms with Gasteiger partial charge in [0, 0.05) is 4.47 Å². The van der Waals surface area contributed by atoms with E-state index >= 15 is 0 Å². The number of rotatable bonds is 6. The average molecular weight is 313 g/mol. The molecule has 0 radical (unpaired) electrons. The van der Waals surface area contributed by atoms with E-state index in [0.717, 1.165) is 29.3 Å². The molecule has 0 bridgehead atoms. The highest BCUT2D eigenvalue weighted by Gasteiger charge is 2.40. The van der Waals surface area contributed by atoms with Gasteiger partial charge in [0.25, 0.3) is 0 Å². The van der Waals surface area contributed by atoms with Crippen LogP contribution in [0.4, 0.5) is 0 Å². The van der Waals surface area contributed by atoms with E-state index in [-0.39, 0.29) is 5.97 Å². The van der Waals surface area contributed by atoms with Crippen LogP contribution in [0.25, 0.3) is 0 Å². The minimum atomic E-state index is -0.523. The fourth-order valence-corrected chi connectivity index (χ4v) is 3.07. The predicted octanol–water partition coefficient (Wildman–Crippen LogP) is 4.46. The van der Waals surface area contributed by atoms with Crippen LogP contribution >= 0.6 is 15.9 Å². The Morgan fingerprint density at radius 2 is 1.94 bits per heavy atom. The highest BCUT2D eigenvalue weighted by atomic mass is 79.9. The first kappa shape index (κ1) is 15.2. The molecule has 0 fully saturated rings. The van der Waals surface area contributed by atoms with Gasteiger partial charge in [0.15, 0.2) is 0 Å². The van der Waals surface area contributed by atoms with Gasteiger partial charge in [-0.05, 0) is 31.4 Å². The van der Waals surface area contributed by atoms with E-state index in [1.165, 1.54) is 0 Å². The van der Waals surface area contributed by atoms with Gasteiger partial charge in [-0.25, -0.2) is 0 Å². The van der Waals surface area contributed by atoms with Crippen molar-refractivity contribution >= 4 is 21.9 Å². The van der Waals surface area contributed by atoms with Gasteiger partial charge in [0.05, 0.1) is 12.0 Å². The van der Waals surface area contributed by atoms with Gasteiger partial charge in [0.2, 0.25) is 0 Å². The average Bonchev–Trinajstić information content (AvgIpc) is 2.37. The monoisotopic (exact) mass is 312 g/mol. The topological polar surface area (TPSA) is 26.3 Å². The minimum Gasteiger partial charge on any atom is -0.465 e. The van der Waals surface area contributed by atoms with Crippen molar-refractivity contribution in [2.75, 3.05) is 6.61 Å². The summed E-state index contributed by atoms with van der Waals surface area (Å²) in [7, 11) is 0. The van der Waals surface area contributed by atoms with Crippen LogP contribution in [0.5, 0.6) is 0 Å². The number of carbonyl (C=O) groups is 1. The molecule has 3 heteroatoms. The Morgan fingerprint density at radius 3 is 2.44 bits per heavy atom. The molecular formula is C15H21BrO2. The van der Waals surface area contributed by atoms with Crippen molar-refractivity contribution in [1.82, 2.24) is 0 Å². The van der Waals surface area contributed by atoms with Crippen molar-refractivity contribution < 1.29 is 9.53 Å². The molecule has 0 N–H and O–H groups in total. The number of carbonyl (C=O) groups excluding carboxylic acids is 1. The molecule has 1 atom stereocenters. The highest BCUT2D eigenvalue weighted by molar-refractivity contribution is 9.10. The molecule has 100 valence electrons. The highest BCUT2D eigenvalue weighted by Crippen LogP contribution is 2.38. The molecule has 0 amide bonds. The molecule has 0 saturated carbocycles. The summed E-state index contributed by atoms with van der Waals surface area (Å²) in [5.41, 5.74) is 0.512. The predicted molar refractivity (Wildman–Crippen MR) is 77.7 cm³/mol. The quantitative estimate of drug-likeness (QED) is 0.725. The number of hydrogen-bond acceptors (Lipinski definition) is 2. The Bertz CT molecular complexity index is 403. The molecule has 0 heterocycles. The summed E-state index contributed by atoms with van der Waals surface area (Å²) >= 11 is 3.55. The number of halogens is 1. The summed E-state index contributed by atoms with van der Waals surface area (Å²) in [6.07, 6.45) is 2.52. The van der Waals surface area contributed by atoms with Gasteiger partial charge in [-0.3, -0.25) is 4.79 Å². The molecule has 0 aliphatic carbocycles. The van der Waals surface area contributed by atoms with Gasteiger partial charge in [0.1, 0.15) is 0 Å². The zero-order chi connectivity index (χ0) is 13.6. The van der Waals surface area contributed by atoms with E-state index in [1.54, 1.807) is 0 Å². The second-order valence-electron chi connectivity index (χ2n) is 4.39. The van der Waals surface area contributed by atoms with E-state index < -0.39 is 5.41 Å². The fourth-order valence-electron chi connectivity index (χ4n) is 2.40. The van der Waals surface area contributed by atoms with Gasteiger partial charge in [-0.2, -0.15) is 0 Å². The first-order chi connectivity index (χ1) is 8.62. The summed E-state index contributed by atoms with van der Waals surface area (Å²) < 4.78 is 6.28. The van der Waals surface area contributed by atoms with Crippen LogP contribution in [0.15, 0.2) is 28.7 Å². The summed E-state index contributed by atoms with van der Waals surface area (Å²) in [5.74, 6) is -0.110. The van der Waals surface area contributed by atoms with Gasteiger partial charge in [-0.1, -0.05) is 54.4 Å². The molecule has 18 heavy (non-hydrogen) atoms.